The van der Waals surface area contributed by atoms with Crippen LogP contribution in [0.5, 0.6) is 0 Å². The van der Waals surface area contributed by atoms with Crippen molar-refractivity contribution in [3.05, 3.63) is 54.6 Å². The van der Waals surface area contributed by atoms with E-state index in [-0.39, 0.29) is 0 Å². The van der Waals surface area contributed by atoms with E-state index < -0.39 is 0 Å². The van der Waals surface area contributed by atoms with Crippen molar-refractivity contribution in [3.63, 3.8) is 0 Å². The molecule has 2 nitrogen and oxygen atoms in total. The molecular formula is C14H12N2S2. The minimum atomic E-state index is 0.938. The third kappa shape index (κ3) is 2.54. The molecule has 0 unspecified atom stereocenters. The molecule has 0 radical (unpaired) electrons. The summed E-state index contributed by atoms with van der Waals surface area (Å²) in [6, 6.07) is 18.6. The predicted molar refractivity (Wildman–Crippen MR) is 82.2 cm³/mol. The van der Waals surface area contributed by atoms with Gasteiger partial charge in [-0.2, -0.15) is 0 Å². The molecule has 0 spiro atoms. The molecule has 0 saturated carbocycles. The standard InChI is InChI=1S/C14H12N2S2/c1-2-6-11(7-3-1)12-8-4-5-9-13(12)15-14-10-17-18-16-14/h1-9H,10H2,(H,15,16). The third-order valence-electron chi connectivity index (χ3n) is 2.66. The Morgan fingerprint density at radius 3 is 2.50 bits per heavy atom. The number of nitrogens with zero attached hydrogens (tertiary/aromatic N) is 1. The van der Waals surface area contributed by atoms with Gasteiger partial charge in [0.05, 0.1) is 11.4 Å². The number of para-hydroxylation sites is 1. The van der Waals surface area contributed by atoms with Crippen LogP contribution in [-0.2, 0) is 0 Å². The molecule has 1 aliphatic heterocycles. The largest absolute Gasteiger partial charge is 0.308 e. The lowest BCUT2D eigenvalue weighted by atomic mass is 10.0. The summed E-state index contributed by atoms with van der Waals surface area (Å²) in [5.74, 6) is 1.97. The Morgan fingerprint density at radius 1 is 0.944 bits per heavy atom. The number of benzene rings is 2. The molecule has 0 atom stereocenters. The van der Waals surface area contributed by atoms with Gasteiger partial charge in [-0.25, -0.2) is 4.99 Å². The lowest BCUT2D eigenvalue weighted by Gasteiger charge is -2.06. The second-order valence-electron chi connectivity index (χ2n) is 3.89. The van der Waals surface area contributed by atoms with Crippen molar-refractivity contribution in [1.29, 1.82) is 0 Å². The summed E-state index contributed by atoms with van der Waals surface area (Å²) in [5, 5.41) is 0. The van der Waals surface area contributed by atoms with Gasteiger partial charge in [0.25, 0.3) is 0 Å². The molecule has 0 aromatic heterocycles. The summed E-state index contributed by atoms with van der Waals surface area (Å²) in [6.07, 6.45) is 0. The van der Waals surface area contributed by atoms with Crippen molar-refractivity contribution in [2.75, 3.05) is 5.75 Å². The maximum absolute atomic E-state index is 4.70. The van der Waals surface area contributed by atoms with Crippen LogP contribution in [0.2, 0.25) is 0 Å². The molecule has 0 aliphatic carbocycles. The Bertz CT molecular complexity index is 559. The molecule has 1 heterocycles. The van der Waals surface area contributed by atoms with Gasteiger partial charge in [0, 0.05) is 16.5 Å². The van der Waals surface area contributed by atoms with Crippen molar-refractivity contribution in [3.8, 4) is 11.1 Å². The van der Waals surface area contributed by atoms with E-state index in [0.29, 0.717) is 0 Å². The maximum Gasteiger partial charge on any atom is 0.124 e. The Hall–Kier alpha value is -1.39. The summed E-state index contributed by atoms with van der Waals surface area (Å²) in [5.41, 5.74) is 3.40. The first-order valence-corrected chi connectivity index (χ1v) is 8.02. The van der Waals surface area contributed by atoms with Crippen LogP contribution in [0.1, 0.15) is 0 Å². The highest BCUT2D eigenvalue weighted by molar-refractivity contribution is 8.77. The molecule has 3 rings (SSSR count). The summed E-state index contributed by atoms with van der Waals surface area (Å²) < 4.78 is 3.21. The molecule has 0 bridgehead atoms. The molecule has 1 aliphatic rings. The molecule has 18 heavy (non-hydrogen) atoms. The lowest BCUT2D eigenvalue weighted by molar-refractivity contribution is 1.41. The van der Waals surface area contributed by atoms with E-state index in [0.717, 1.165) is 17.3 Å². The van der Waals surface area contributed by atoms with E-state index in [1.807, 2.05) is 12.1 Å². The fourth-order valence-corrected chi connectivity index (χ4v) is 3.47. The summed E-state index contributed by atoms with van der Waals surface area (Å²) in [4.78, 5) is 4.70. The van der Waals surface area contributed by atoms with Crippen molar-refractivity contribution < 1.29 is 0 Å². The van der Waals surface area contributed by atoms with Gasteiger partial charge < -0.3 is 4.72 Å². The van der Waals surface area contributed by atoms with Crippen molar-refractivity contribution in [1.82, 2.24) is 4.72 Å². The highest BCUT2D eigenvalue weighted by atomic mass is 33.1. The first-order valence-electron chi connectivity index (χ1n) is 5.70. The number of hydrogen-bond acceptors (Lipinski definition) is 3. The molecule has 2 aromatic rings. The van der Waals surface area contributed by atoms with E-state index in [2.05, 4.69) is 47.2 Å². The Labute approximate surface area is 114 Å². The number of amidine groups is 1. The van der Waals surface area contributed by atoms with E-state index in [1.54, 1.807) is 21.8 Å². The Morgan fingerprint density at radius 2 is 1.72 bits per heavy atom. The first-order chi connectivity index (χ1) is 8.93. The topological polar surface area (TPSA) is 24.4 Å². The zero-order valence-corrected chi connectivity index (χ0v) is 11.3. The second-order valence-corrected chi connectivity index (χ2v) is 5.99. The molecule has 0 amide bonds. The number of hydrogen-bond donors (Lipinski definition) is 1. The highest BCUT2D eigenvalue weighted by Gasteiger charge is 2.10. The van der Waals surface area contributed by atoms with E-state index >= 15 is 0 Å². The second kappa shape index (κ2) is 5.50. The van der Waals surface area contributed by atoms with Gasteiger partial charge in [-0.15, -0.1) is 0 Å². The maximum atomic E-state index is 4.70. The summed E-state index contributed by atoms with van der Waals surface area (Å²) in [7, 11) is 3.42. The van der Waals surface area contributed by atoms with Crippen LogP contribution in [0.3, 0.4) is 0 Å². The quantitative estimate of drug-likeness (QED) is 0.652. The molecule has 1 saturated heterocycles. The van der Waals surface area contributed by atoms with Gasteiger partial charge in [-0.05, 0) is 11.6 Å². The fraction of sp³-hybridized carbons (Fsp3) is 0.0714. The molecule has 2 aromatic carbocycles. The Balaban J connectivity index is 2.03. The van der Waals surface area contributed by atoms with E-state index in [9.17, 15) is 0 Å². The van der Waals surface area contributed by atoms with Gasteiger partial charge >= 0.3 is 0 Å². The molecule has 1 fully saturated rings. The van der Waals surface area contributed by atoms with Crippen LogP contribution in [-0.4, -0.2) is 11.6 Å². The number of rotatable bonds is 2. The smallest absolute Gasteiger partial charge is 0.124 e. The SMILES string of the molecule is c1ccc(-c2ccccc2N=C2CSSN2)cc1. The van der Waals surface area contributed by atoms with Crippen LogP contribution in [0.4, 0.5) is 5.69 Å². The van der Waals surface area contributed by atoms with E-state index in [1.165, 1.54) is 11.1 Å². The van der Waals surface area contributed by atoms with Crippen LogP contribution < -0.4 is 4.72 Å². The number of aliphatic imine (C=N–C) groups is 1. The molecule has 1 N–H and O–H groups in total. The average Bonchev–Trinajstić information content (AvgIpc) is 2.93. The van der Waals surface area contributed by atoms with Crippen LogP contribution in [0, 0.1) is 0 Å². The predicted octanol–water partition coefficient (Wildman–Crippen LogP) is 4.28. The first kappa shape index (κ1) is 11.7. The van der Waals surface area contributed by atoms with Crippen molar-refractivity contribution >= 4 is 33.3 Å². The highest BCUT2D eigenvalue weighted by Crippen LogP contribution is 2.32. The van der Waals surface area contributed by atoms with Crippen molar-refractivity contribution in [2.24, 2.45) is 4.99 Å². The summed E-state index contributed by atoms with van der Waals surface area (Å²) in [6.45, 7) is 0. The number of nitrogens with one attached hydrogen (secondary N) is 1. The van der Waals surface area contributed by atoms with Gasteiger partial charge in [0.15, 0.2) is 0 Å². The fourth-order valence-electron chi connectivity index (χ4n) is 1.83. The Kier molecular flexibility index (Phi) is 3.57. The summed E-state index contributed by atoms with van der Waals surface area (Å²) >= 11 is 0. The van der Waals surface area contributed by atoms with Gasteiger partial charge in [0.2, 0.25) is 0 Å². The molecular weight excluding hydrogens is 260 g/mol. The zero-order chi connectivity index (χ0) is 12.2. The lowest BCUT2D eigenvalue weighted by Crippen LogP contribution is -2.10. The zero-order valence-electron chi connectivity index (χ0n) is 9.67. The van der Waals surface area contributed by atoms with Crippen LogP contribution in [0.25, 0.3) is 11.1 Å². The minimum absolute atomic E-state index is 0.938. The average molecular weight is 272 g/mol. The minimum Gasteiger partial charge on any atom is -0.308 e. The monoisotopic (exact) mass is 272 g/mol. The van der Waals surface area contributed by atoms with Crippen LogP contribution in [0.15, 0.2) is 59.6 Å². The van der Waals surface area contributed by atoms with Gasteiger partial charge in [-0.1, -0.05) is 59.3 Å². The van der Waals surface area contributed by atoms with Gasteiger partial charge in [-0.3, -0.25) is 0 Å². The third-order valence-corrected chi connectivity index (χ3v) is 4.44. The van der Waals surface area contributed by atoms with Crippen LogP contribution >= 0.6 is 21.8 Å². The molecule has 90 valence electrons. The van der Waals surface area contributed by atoms with Gasteiger partial charge in [0.1, 0.15) is 5.84 Å². The van der Waals surface area contributed by atoms with E-state index in [4.69, 9.17) is 4.99 Å². The van der Waals surface area contributed by atoms with Crippen molar-refractivity contribution in [2.45, 2.75) is 0 Å². The normalized spacial score (nSPS) is 16.8. The molecule has 4 heteroatoms.